The summed E-state index contributed by atoms with van der Waals surface area (Å²) in [4.78, 5) is 27.0. The van der Waals surface area contributed by atoms with Crippen molar-refractivity contribution in [3.05, 3.63) is 45.4 Å². The molecule has 1 aromatic carbocycles. The maximum absolute atomic E-state index is 12.2. The quantitative estimate of drug-likeness (QED) is 0.803. The van der Waals surface area contributed by atoms with Gasteiger partial charge < -0.3 is 10.4 Å². The van der Waals surface area contributed by atoms with Crippen LogP contribution >= 0.6 is 11.3 Å². The van der Waals surface area contributed by atoms with Crippen molar-refractivity contribution in [3.63, 3.8) is 0 Å². The Hall–Kier alpha value is -2.26. The highest BCUT2D eigenvalue weighted by Crippen LogP contribution is 2.19. The Morgan fingerprint density at radius 1 is 1.33 bits per heavy atom. The summed E-state index contributed by atoms with van der Waals surface area (Å²) < 4.78 is 23.7. The van der Waals surface area contributed by atoms with E-state index >= 15 is 0 Å². The summed E-state index contributed by atoms with van der Waals surface area (Å²) in [5, 5.41) is 13.3. The molecule has 0 aliphatic carbocycles. The molecule has 2 aromatic rings. The molecule has 0 aliphatic heterocycles. The van der Waals surface area contributed by atoms with Gasteiger partial charge in [0.15, 0.2) is 15.5 Å². The van der Waals surface area contributed by atoms with Crippen LogP contribution in [0.4, 0.5) is 0 Å². The van der Waals surface area contributed by atoms with Crippen molar-refractivity contribution in [2.24, 2.45) is 0 Å². The molecule has 0 radical (unpaired) electrons. The summed E-state index contributed by atoms with van der Waals surface area (Å²) >= 11 is 1.13. The van der Waals surface area contributed by atoms with Gasteiger partial charge in [-0.1, -0.05) is 13.0 Å². The van der Waals surface area contributed by atoms with Gasteiger partial charge in [0.2, 0.25) is 0 Å². The van der Waals surface area contributed by atoms with E-state index < -0.39 is 21.7 Å². The van der Waals surface area contributed by atoms with Crippen molar-refractivity contribution in [1.29, 1.82) is 0 Å². The van der Waals surface area contributed by atoms with Crippen molar-refractivity contribution in [2.75, 3.05) is 6.26 Å². The fraction of sp³-hybridized carbons (Fsp3) is 0.267. The fourth-order valence-corrected chi connectivity index (χ4v) is 3.82. The van der Waals surface area contributed by atoms with Crippen LogP contribution in [-0.4, -0.2) is 36.6 Å². The van der Waals surface area contributed by atoms with Crippen LogP contribution in [0.25, 0.3) is 0 Å². The number of amides is 1. The van der Waals surface area contributed by atoms with Crippen LogP contribution in [-0.2, 0) is 22.8 Å². The molecule has 24 heavy (non-hydrogen) atoms. The second-order valence-corrected chi connectivity index (χ2v) is 7.99. The molecule has 0 atom stereocenters. The van der Waals surface area contributed by atoms with E-state index in [0.717, 1.165) is 17.6 Å². The lowest BCUT2D eigenvalue weighted by Gasteiger charge is -2.09. The van der Waals surface area contributed by atoms with E-state index in [1.807, 2.05) is 6.92 Å². The monoisotopic (exact) mass is 368 g/mol. The standard InChI is InChI=1S/C15H16N2O5S2/c1-3-9-4-5-10(6-12(9)24(2,21)22)14(18)16-7-13-17-11(8-23-13)15(19)20/h4-6,8H,3,7H2,1-2H3,(H,16,18)(H,19,20). The molecule has 0 saturated heterocycles. The maximum Gasteiger partial charge on any atom is 0.355 e. The zero-order chi connectivity index (χ0) is 17.9. The molecule has 128 valence electrons. The third-order valence-corrected chi connectivity index (χ3v) is 5.31. The minimum Gasteiger partial charge on any atom is -0.476 e. The first-order valence-corrected chi connectivity index (χ1v) is 9.78. The highest BCUT2D eigenvalue weighted by atomic mass is 32.2. The van der Waals surface area contributed by atoms with Crippen molar-refractivity contribution in [2.45, 2.75) is 24.8 Å². The number of nitrogens with zero attached hydrogens (tertiary/aromatic N) is 1. The van der Waals surface area contributed by atoms with Crippen molar-refractivity contribution in [3.8, 4) is 0 Å². The number of rotatable bonds is 6. The molecular formula is C15H16N2O5S2. The highest BCUT2D eigenvalue weighted by Gasteiger charge is 2.16. The molecule has 0 fully saturated rings. The molecule has 1 heterocycles. The van der Waals surface area contributed by atoms with Crippen molar-refractivity contribution in [1.82, 2.24) is 10.3 Å². The first-order valence-electron chi connectivity index (χ1n) is 7.01. The van der Waals surface area contributed by atoms with E-state index in [9.17, 15) is 18.0 Å². The van der Waals surface area contributed by atoms with Crippen LogP contribution in [0, 0.1) is 0 Å². The molecular weight excluding hydrogens is 352 g/mol. The Morgan fingerprint density at radius 3 is 2.58 bits per heavy atom. The summed E-state index contributed by atoms with van der Waals surface area (Å²) in [6, 6.07) is 4.54. The Labute approximate surface area is 143 Å². The minimum absolute atomic E-state index is 0.0700. The van der Waals surface area contributed by atoms with E-state index in [1.54, 1.807) is 12.1 Å². The van der Waals surface area contributed by atoms with Crippen LogP contribution in [0.3, 0.4) is 0 Å². The predicted molar refractivity (Wildman–Crippen MR) is 89.2 cm³/mol. The fourth-order valence-electron chi connectivity index (χ4n) is 2.08. The van der Waals surface area contributed by atoms with E-state index in [0.29, 0.717) is 17.0 Å². The van der Waals surface area contributed by atoms with Crippen LogP contribution in [0.15, 0.2) is 28.5 Å². The molecule has 0 saturated carbocycles. The normalized spacial score (nSPS) is 11.2. The third-order valence-electron chi connectivity index (χ3n) is 3.28. The predicted octanol–water partition coefficient (Wildman–Crippen LogP) is 1.74. The van der Waals surface area contributed by atoms with Gasteiger partial charge in [-0.15, -0.1) is 11.3 Å². The summed E-state index contributed by atoms with van der Waals surface area (Å²) in [6.45, 7) is 1.91. The van der Waals surface area contributed by atoms with Crippen molar-refractivity contribution < 1.29 is 23.1 Å². The van der Waals surface area contributed by atoms with E-state index in [2.05, 4.69) is 10.3 Å². The number of sulfone groups is 1. The van der Waals surface area contributed by atoms with E-state index in [4.69, 9.17) is 5.11 Å². The number of thiazole rings is 1. The molecule has 1 aromatic heterocycles. The number of hydrogen-bond donors (Lipinski definition) is 2. The maximum atomic E-state index is 12.2. The minimum atomic E-state index is -3.43. The zero-order valence-corrected chi connectivity index (χ0v) is 14.7. The summed E-state index contributed by atoms with van der Waals surface area (Å²) in [6.07, 6.45) is 1.65. The van der Waals surface area contributed by atoms with Crippen LogP contribution < -0.4 is 5.32 Å². The smallest absolute Gasteiger partial charge is 0.355 e. The number of aromatic carboxylic acids is 1. The van der Waals surface area contributed by atoms with E-state index in [-0.39, 0.29) is 22.7 Å². The number of aromatic nitrogens is 1. The SMILES string of the molecule is CCc1ccc(C(=O)NCc2nc(C(=O)O)cs2)cc1S(C)(=O)=O. The number of carboxylic acid groups (broad SMARTS) is 1. The largest absolute Gasteiger partial charge is 0.476 e. The third kappa shape index (κ3) is 4.18. The number of aryl methyl sites for hydroxylation is 1. The summed E-state index contributed by atoms with van der Waals surface area (Å²) in [5.41, 5.74) is 0.804. The van der Waals surface area contributed by atoms with Gasteiger partial charge in [0.1, 0.15) is 5.01 Å². The first-order chi connectivity index (χ1) is 11.2. The second kappa shape index (κ2) is 7.10. The Bertz CT molecular complexity index is 887. The van der Waals surface area contributed by atoms with Gasteiger partial charge in [-0.3, -0.25) is 4.79 Å². The molecule has 7 nitrogen and oxygen atoms in total. The lowest BCUT2D eigenvalue weighted by molar-refractivity contribution is 0.0691. The number of hydrogen-bond acceptors (Lipinski definition) is 6. The average molecular weight is 368 g/mol. The molecule has 0 bridgehead atoms. The zero-order valence-electron chi connectivity index (χ0n) is 13.1. The van der Waals surface area contributed by atoms with Crippen molar-refractivity contribution >= 4 is 33.1 Å². The topological polar surface area (TPSA) is 113 Å². The lowest BCUT2D eigenvalue weighted by Crippen LogP contribution is -2.23. The van der Waals surface area contributed by atoms with Crippen LogP contribution in [0.1, 0.15) is 38.3 Å². The van der Waals surface area contributed by atoms with Gasteiger partial charge in [-0.2, -0.15) is 0 Å². The van der Waals surface area contributed by atoms with E-state index in [1.165, 1.54) is 11.4 Å². The average Bonchev–Trinajstić information content (AvgIpc) is 3.00. The summed E-state index contributed by atoms with van der Waals surface area (Å²) in [7, 11) is -3.43. The Balaban J connectivity index is 2.16. The number of nitrogens with one attached hydrogen (secondary N) is 1. The number of carbonyl (C=O) groups is 2. The van der Waals surface area contributed by atoms with Crippen LogP contribution in [0.2, 0.25) is 0 Å². The van der Waals surface area contributed by atoms with Gasteiger partial charge in [0.05, 0.1) is 11.4 Å². The number of benzene rings is 1. The van der Waals surface area contributed by atoms with Gasteiger partial charge in [-0.25, -0.2) is 18.2 Å². The molecule has 0 aliphatic rings. The summed E-state index contributed by atoms with van der Waals surface area (Å²) in [5.74, 6) is -1.58. The molecule has 0 unspecified atom stereocenters. The molecule has 0 spiro atoms. The first kappa shape index (κ1) is 18.1. The van der Waals surface area contributed by atoms with Crippen LogP contribution in [0.5, 0.6) is 0 Å². The molecule has 9 heteroatoms. The lowest BCUT2D eigenvalue weighted by atomic mass is 10.1. The van der Waals surface area contributed by atoms with Gasteiger partial charge in [0.25, 0.3) is 5.91 Å². The second-order valence-electron chi connectivity index (χ2n) is 5.06. The Kier molecular flexibility index (Phi) is 5.35. The number of carbonyl (C=O) groups excluding carboxylic acids is 1. The van der Waals surface area contributed by atoms with Gasteiger partial charge in [-0.05, 0) is 24.1 Å². The Morgan fingerprint density at radius 2 is 2.04 bits per heavy atom. The molecule has 1 amide bonds. The van der Waals surface area contributed by atoms with Gasteiger partial charge >= 0.3 is 5.97 Å². The van der Waals surface area contributed by atoms with Gasteiger partial charge in [0, 0.05) is 17.2 Å². The molecule has 2 rings (SSSR count). The number of carboxylic acids is 1. The molecule has 2 N–H and O–H groups in total. The highest BCUT2D eigenvalue weighted by molar-refractivity contribution is 7.90.